The van der Waals surface area contributed by atoms with Crippen LogP contribution in [-0.2, 0) is 0 Å². The molecule has 1 saturated carbocycles. The molecule has 1 aliphatic carbocycles. The Balaban J connectivity index is 2.49. The summed E-state index contributed by atoms with van der Waals surface area (Å²) in [7, 11) is 1.93. The maximum Gasteiger partial charge on any atom is 0.170 e. The molecule has 0 aromatic heterocycles. The van der Waals surface area contributed by atoms with Crippen LogP contribution in [0.3, 0.4) is 0 Å². The van der Waals surface area contributed by atoms with Crippen LogP contribution >= 0.6 is 0 Å². The molecule has 18 heavy (non-hydrogen) atoms. The normalized spacial score (nSPS) is 16.7. The van der Waals surface area contributed by atoms with Gasteiger partial charge in [0.1, 0.15) is 0 Å². The molecule has 0 amide bonds. The van der Waals surface area contributed by atoms with E-state index in [0.29, 0.717) is 5.78 Å². The van der Waals surface area contributed by atoms with E-state index in [-0.39, 0.29) is 5.41 Å². The first-order chi connectivity index (χ1) is 8.43. The van der Waals surface area contributed by atoms with E-state index in [2.05, 4.69) is 39.1 Å². The fourth-order valence-corrected chi connectivity index (χ4v) is 2.80. The molecule has 0 heterocycles. The van der Waals surface area contributed by atoms with Crippen LogP contribution in [0.15, 0.2) is 6.07 Å². The zero-order valence-corrected chi connectivity index (χ0v) is 12.1. The summed E-state index contributed by atoms with van der Waals surface area (Å²) < 4.78 is 0. The van der Waals surface area contributed by atoms with Crippen molar-refractivity contribution in [2.45, 2.75) is 40.5 Å². The van der Waals surface area contributed by atoms with Crippen molar-refractivity contribution in [2.24, 2.45) is 5.41 Å². The minimum absolute atomic E-state index is 0.121. The molecule has 0 saturated heterocycles. The number of nitrogens with one attached hydrogen (secondary N) is 1. The molecule has 0 unspecified atom stereocenters. The monoisotopic (exact) mass is 245 g/mol. The maximum atomic E-state index is 12.8. The summed E-state index contributed by atoms with van der Waals surface area (Å²) in [5.41, 5.74) is 5.62. The molecule has 1 aromatic rings. The van der Waals surface area contributed by atoms with E-state index in [1.165, 1.54) is 11.1 Å². The van der Waals surface area contributed by atoms with Crippen molar-refractivity contribution in [1.29, 1.82) is 0 Å². The number of ketones is 1. The molecule has 1 aromatic carbocycles. The Morgan fingerprint density at radius 2 is 1.67 bits per heavy atom. The van der Waals surface area contributed by atoms with Gasteiger partial charge in [-0.05, 0) is 69.8 Å². The van der Waals surface area contributed by atoms with Crippen LogP contribution in [0.4, 0.5) is 0 Å². The van der Waals surface area contributed by atoms with Gasteiger partial charge in [-0.25, -0.2) is 0 Å². The van der Waals surface area contributed by atoms with E-state index in [9.17, 15) is 4.79 Å². The summed E-state index contributed by atoms with van der Waals surface area (Å²) in [5, 5.41) is 3.17. The van der Waals surface area contributed by atoms with Gasteiger partial charge in [-0.2, -0.15) is 0 Å². The minimum atomic E-state index is -0.121. The SMILES string of the molecule is CNCC1(C(=O)c2c(C)c(C)cc(C)c2C)CC1. The molecular formula is C16H23NO. The van der Waals surface area contributed by atoms with Crippen LogP contribution < -0.4 is 5.32 Å². The van der Waals surface area contributed by atoms with Crippen molar-refractivity contribution in [3.63, 3.8) is 0 Å². The summed E-state index contributed by atoms with van der Waals surface area (Å²) in [6.07, 6.45) is 2.05. The average molecular weight is 245 g/mol. The quantitative estimate of drug-likeness (QED) is 0.826. The standard InChI is InChI=1S/C16H23NO/c1-10-8-11(2)13(4)14(12(10)3)15(18)16(6-7-16)9-17-5/h8,17H,6-7,9H2,1-5H3. The molecule has 0 radical (unpaired) electrons. The second kappa shape index (κ2) is 4.51. The molecule has 2 heteroatoms. The van der Waals surface area contributed by atoms with E-state index in [4.69, 9.17) is 0 Å². The Morgan fingerprint density at radius 3 is 2.06 bits per heavy atom. The van der Waals surface area contributed by atoms with Crippen LogP contribution in [0.25, 0.3) is 0 Å². The lowest BCUT2D eigenvalue weighted by Crippen LogP contribution is -2.29. The van der Waals surface area contributed by atoms with Gasteiger partial charge in [0.2, 0.25) is 0 Å². The van der Waals surface area contributed by atoms with Crippen molar-refractivity contribution in [1.82, 2.24) is 5.32 Å². The number of hydrogen-bond donors (Lipinski definition) is 1. The molecule has 0 bridgehead atoms. The highest BCUT2D eigenvalue weighted by Gasteiger charge is 2.49. The average Bonchev–Trinajstić information content (AvgIpc) is 3.08. The summed E-state index contributed by atoms with van der Waals surface area (Å²) in [5.74, 6) is 0.346. The number of Topliss-reactive ketones (excluding diaryl/α,β-unsaturated/α-hetero) is 1. The maximum absolute atomic E-state index is 12.8. The van der Waals surface area contributed by atoms with E-state index >= 15 is 0 Å². The Kier molecular flexibility index (Phi) is 3.33. The van der Waals surface area contributed by atoms with Crippen LogP contribution in [0, 0.1) is 33.1 Å². The predicted molar refractivity (Wildman–Crippen MR) is 75.3 cm³/mol. The third-order valence-electron chi connectivity index (χ3n) is 4.44. The molecule has 0 atom stereocenters. The molecule has 2 nitrogen and oxygen atoms in total. The van der Waals surface area contributed by atoms with Crippen LogP contribution in [-0.4, -0.2) is 19.4 Å². The van der Waals surface area contributed by atoms with Crippen molar-refractivity contribution in [2.75, 3.05) is 13.6 Å². The zero-order chi connectivity index (χ0) is 13.5. The third kappa shape index (κ3) is 1.99. The first kappa shape index (κ1) is 13.3. The topological polar surface area (TPSA) is 29.1 Å². The Labute approximate surface area is 110 Å². The molecule has 1 aliphatic rings. The summed E-state index contributed by atoms with van der Waals surface area (Å²) in [6, 6.07) is 2.18. The fourth-order valence-electron chi connectivity index (χ4n) is 2.80. The molecule has 2 rings (SSSR count). The van der Waals surface area contributed by atoms with E-state index in [1.54, 1.807) is 0 Å². The Bertz CT molecular complexity index is 472. The van der Waals surface area contributed by atoms with Gasteiger partial charge in [0.25, 0.3) is 0 Å². The Hall–Kier alpha value is -1.15. The van der Waals surface area contributed by atoms with Crippen LogP contribution in [0.1, 0.15) is 45.5 Å². The number of benzene rings is 1. The largest absolute Gasteiger partial charge is 0.319 e. The molecule has 0 spiro atoms. The van der Waals surface area contributed by atoms with Gasteiger partial charge in [-0.3, -0.25) is 4.79 Å². The lowest BCUT2D eigenvalue weighted by atomic mass is 9.85. The van der Waals surface area contributed by atoms with Gasteiger partial charge in [-0.1, -0.05) is 6.07 Å². The zero-order valence-electron chi connectivity index (χ0n) is 12.1. The summed E-state index contributed by atoms with van der Waals surface area (Å²) in [6.45, 7) is 9.14. The van der Waals surface area contributed by atoms with Gasteiger partial charge < -0.3 is 5.32 Å². The smallest absolute Gasteiger partial charge is 0.170 e. The van der Waals surface area contributed by atoms with Gasteiger partial charge in [0.05, 0.1) is 0 Å². The van der Waals surface area contributed by atoms with Crippen molar-refractivity contribution in [3.8, 4) is 0 Å². The summed E-state index contributed by atoms with van der Waals surface area (Å²) >= 11 is 0. The lowest BCUT2D eigenvalue weighted by molar-refractivity contribution is 0.0899. The first-order valence-electron chi connectivity index (χ1n) is 6.70. The molecular weight excluding hydrogens is 222 g/mol. The number of carbonyl (C=O) groups excluding carboxylic acids is 1. The predicted octanol–water partition coefficient (Wildman–Crippen LogP) is 3.10. The second-order valence-electron chi connectivity index (χ2n) is 5.78. The van der Waals surface area contributed by atoms with Gasteiger partial charge in [0.15, 0.2) is 5.78 Å². The minimum Gasteiger partial charge on any atom is -0.319 e. The van der Waals surface area contributed by atoms with Crippen molar-refractivity contribution < 1.29 is 4.79 Å². The third-order valence-corrected chi connectivity index (χ3v) is 4.44. The highest BCUT2D eigenvalue weighted by Crippen LogP contribution is 2.48. The van der Waals surface area contributed by atoms with Crippen LogP contribution in [0.5, 0.6) is 0 Å². The van der Waals surface area contributed by atoms with E-state index in [0.717, 1.165) is 36.1 Å². The van der Waals surface area contributed by atoms with E-state index in [1.807, 2.05) is 7.05 Å². The molecule has 1 fully saturated rings. The van der Waals surface area contributed by atoms with Gasteiger partial charge >= 0.3 is 0 Å². The molecule has 0 aliphatic heterocycles. The number of rotatable bonds is 4. The number of carbonyl (C=O) groups is 1. The van der Waals surface area contributed by atoms with Crippen LogP contribution in [0.2, 0.25) is 0 Å². The second-order valence-corrected chi connectivity index (χ2v) is 5.78. The number of aryl methyl sites for hydroxylation is 2. The van der Waals surface area contributed by atoms with Crippen molar-refractivity contribution >= 4 is 5.78 Å². The highest BCUT2D eigenvalue weighted by molar-refractivity contribution is 6.05. The molecule has 1 N–H and O–H groups in total. The number of hydrogen-bond acceptors (Lipinski definition) is 2. The lowest BCUT2D eigenvalue weighted by Gasteiger charge is -2.19. The highest BCUT2D eigenvalue weighted by atomic mass is 16.1. The Morgan fingerprint density at radius 1 is 1.17 bits per heavy atom. The summed E-state index contributed by atoms with van der Waals surface area (Å²) in [4.78, 5) is 12.8. The fraction of sp³-hybridized carbons (Fsp3) is 0.562. The van der Waals surface area contributed by atoms with E-state index < -0.39 is 0 Å². The van der Waals surface area contributed by atoms with Gasteiger partial charge in [0, 0.05) is 17.5 Å². The molecule has 98 valence electrons. The van der Waals surface area contributed by atoms with Gasteiger partial charge in [-0.15, -0.1) is 0 Å². The first-order valence-corrected chi connectivity index (χ1v) is 6.70. The van der Waals surface area contributed by atoms with Crippen molar-refractivity contribution in [3.05, 3.63) is 33.9 Å².